The van der Waals surface area contributed by atoms with E-state index in [9.17, 15) is 14.4 Å². The van der Waals surface area contributed by atoms with E-state index in [1.165, 1.54) is 0 Å². The highest BCUT2D eigenvalue weighted by Crippen LogP contribution is 2.47. The summed E-state index contributed by atoms with van der Waals surface area (Å²) in [6, 6.07) is 24.5. The van der Waals surface area contributed by atoms with Crippen molar-refractivity contribution in [1.29, 1.82) is 0 Å². The third-order valence-electron chi connectivity index (χ3n) is 6.22. The standard InChI is InChI=1S/C27H19N3O4/c31-24-19-9-5-4-8-18(19)23-21(24)20(22-25(28-23)29-27(33)30-26(22)32)16-10-12-17(13-11-16)34-14-15-6-2-1-3-7-15/h1-13,20H,14H2,(H3,28,29,30,32,33)/t20-/m0/s1. The van der Waals surface area contributed by atoms with Crippen molar-refractivity contribution in [2.45, 2.75) is 12.5 Å². The van der Waals surface area contributed by atoms with Gasteiger partial charge in [0, 0.05) is 22.6 Å². The number of nitrogens with one attached hydrogen (secondary N) is 3. The highest BCUT2D eigenvalue weighted by atomic mass is 16.5. The lowest BCUT2D eigenvalue weighted by Crippen LogP contribution is -2.33. The number of benzene rings is 3. The zero-order valence-electron chi connectivity index (χ0n) is 17.9. The molecule has 2 heterocycles. The van der Waals surface area contributed by atoms with Crippen LogP contribution in [0.2, 0.25) is 0 Å². The molecule has 4 aromatic rings. The Morgan fingerprint density at radius 1 is 0.765 bits per heavy atom. The lowest BCUT2D eigenvalue weighted by molar-refractivity contribution is 0.103. The first-order valence-corrected chi connectivity index (χ1v) is 10.9. The molecule has 0 spiro atoms. The van der Waals surface area contributed by atoms with Gasteiger partial charge in [-0.2, -0.15) is 0 Å². The smallest absolute Gasteiger partial charge is 0.327 e. The highest BCUT2D eigenvalue weighted by molar-refractivity contribution is 6.23. The van der Waals surface area contributed by atoms with Crippen molar-refractivity contribution in [2.75, 3.05) is 5.32 Å². The molecule has 0 bridgehead atoms. The van der Waals surface area contributed by atoms with Crippen molar-refractivity contribution in [3.63, 3.8) is 0 Å². The van der Waals surface area contributed by atoms with E-state index >= 15 is 0 Å². The van der Waals surface area contributed by atoms with Gasteiger partial charge in [0.1, 0.15) is 18.2 Å². The van der Waals surface area contributed by atoms with Gasteiger partial charge in [0.15, 0.2) is 5.78 Å². The summed E-state index contributed by atoms with van der Waals surface area (Å²) in [6.45, 7) is 0.431. The number of Topliss-reactive ketones (excluding diaryl/α,β-unsaturated/α-hetero) is 1. The molecule has 0 radical (unpaired) electrons. The molecular formula is C27H19N3O4. The highest BCUT2D eigenvalue weighted by Gasteiger charge is 2.41. The minimum absolute atomic E-state index is 0.135. The third kappa shape index (κ3) is 3.17. The van der Waals surface area contributed by atoms with Crippen molar-refractivity contribution < 1.29 is 9.53 Å². The lowest BCUT2D eigenvalue weighted by Gasteiger charge is -2.27. The van der Waals surface area contributed by atoms with Crippen LogP contribution in [0.15, 0.2) is 94.0 Å². The number of anilines is 1. The molecule has 3 N–H and O–H groups in total. The Labute approximate surface area is 193 Å². The quantitative estimate of drug-likeness (QED) is 0.440. The van der Waals surface area contributed by atoms with Gasteiger partial charge in [-0.15, -0.1) is 0 Å². The minimum atomic E-state index is -0.644. The number of aromatic amines is 2. The zero-order valence-corrected chi connectivity index (χ0v) is 17.9. The maximum atomic E-state index is 13.4. The maximum absolute atomic E-state index is 13.4. The second kappa shape index (κ2) is 7.74. The molecule has 0 amide bonds. The average molecular weight is 449 g/mol. The van der Waals surface area contributed by atoms with E-state index in [1.54, 1.807) is 6.07 Å². The normalized spacial score (nSPS) is 15.9. The first kappa shape index (κ1) is 20.0. The van der Waals surface area contributed by atoms with Crippen LogP contribution in [0.1, 0.15) is 38.5 Å². The fraction of sp³-hybridized carbons (Fsp3) is 0.0741. The van der Waals surface area contributed by atoms with Crippen molar-refractivity contribution in [2.24, 2.45) is 0 Å². The molecule has 7 nitrogen and oxygen atoms in total. The first-order chi connectivity index (χ1) is 16.6. The number of rotatable bonds is 4. The first-order valence-electron chi connectivity index (χ1n) is 10.9. The van der Waals surface area contributed by atoms with Gasteiger partial charge in [0.25, 0.3) is 5.56 Å². The summed E-state index contributed by atoms with van der Waals surface area (Å²) in [7, 11) is 0. The molecule has 7 heteroatoms. The Morgan fingerprint density at radius 2 is 1.47 bits per heavy atom. The number of ether oxygens (including phenoxy) is 1. The predicted molar refractivity (Wildman–Crippen MR) is 128 cm³/mol. The fourth-order valence-corrected chi connectivity index (χ4v) is 4.68. The summed E-state index contributed by atoms with van der Waals surface area (Å²) in [5.41, 5.74) is 3.39. The number of ketones is 1. The van der Waals surface area contributed by atoms with E-state index in [0.717, 1.165) is 16.7 Å². The van der Waals surface area contributed by atoms with E-state index in [0.29, 0.717) is 40.6 Å². The molecule has 166 valence electrons. The van der Waals surface area contributed by atoms with Crippen molar-refractivity contribution in [3.05, 3.63) is 133 Å². The number of hydrogen-bond donors (Lipinski definition) is 3. The summed E-state index contributed by atoms with van der Waals surface area (Å²) in [5, 5.41) is 3.14. The molecule has 1 aromatic heterocycles. The third-order valence-corrected chi connectivity index (χ3v) is 6.22. The molecule has 1 aliphatic carbocycles. The van der Waals surface area contributed by atoms with Crippen LogP contribution in [0.4, 0.5) is 5.82 Å². The number of carbonyl (C=O) groups is 1. The zero-order chi connectivity index (χ0) is 23.2. The van der Waals surface area contributed by atoms with Gasteiger partial charge in [0.05, 0.1) is 11.3 Å². The second-order valence-corrected chi connectivity index (χ2v) is 8.26. The Kier molecular flexibility index (Phi) is 4.55. The lowest BCUT2D eigenvalue weighted by atomic mass is 9.81. The SMILES string of the molecule is O=C1C2=C(Nc3[nH]c(=O)[nH]c(=O)c3[C@H]2c2ccc(OCc3ccccc3)cc2)c2ccccc21. The molecule has 0 saturated carbocycles. The summed E-state index contributed by atoms with van der Waals surface area (Å²) in [5.74, 6) is 0.192. The average Bonchev–Trinajstić information content (AvgIpc) is 3.14. The summed E-state index contributed by atoms with van der Waals surface area (Å²) >= 11 is 0. The van der Waals surface area contributed by atoms with Crippen LogP contribution in [0.5, 0.6) is 5.75 Å². The number of H-pyrrole nitrogens is 2. The van der Waals surface area contributed by atoms with Gasteiger partial charge in [-0.1, -0.05) is 66.7 Å². The Balaban J connectivity index is 1.43. The Bertz CT molecular complexity index is 1580. The minimum Gasteiger partial charge on any atom is -0.489 e. The molecule has 3 aromatic carbocycles. The number of aromatic nitrogens is 2. The van der Waals surface area contributed by atoms with Gasteiger partial charge in [-0.25, -0.2) is 4.79 Å². The van der Waals surface area contributed by atoms with Gasteiger partial charge < -0.3 is 10.1 Å². The maximum Gasteiger partial charge on any atom is 0.327 e. The molecule has 1 atom stereocenters. The van der Waals surface area contributed by atoms with Gasteiger partial charge in [-0.05, 0) is 23.3 Å². The van der Waals surface area contributed by atoms with Crippen LogP contribution < -0.4 is 21.3 Å². The van der Waals surface area contributed by atoms with E-state index in [2.05, 4.69) is 15.3 Å². The number of fused-ring (bicyclic) bond motifs is 3. The molecular weight excluding hydrogens is 430 g/mol. The molecule has 0 saturated heterocycles. The van der Waals surface area contributed by atoms with E-state index < -0.39 is 17.2 Å². The predicted octanol–water partition coefficient (Wildman–Crippen LogP) is 3.81. The van der Waals surface area contributed by atoms with Crippen LogP contribution in [-0.4, -0.2) is 15.8 Å². The van der Waals surface area contributed by atoms with Crippen LogP contribution in [-0.2, 0) is 6.61 Å². The van der Waals surface area contributed by atoms with Crippen molar-refractivity contribution in [1.82, 2.24) is 9.97 Å². The monoisotopic (exact) mass is 449 g/mol. The fourth-order valence-electron chi connectivity index (χ4n) is 4.68. The van der Waals surface area contributed by atoms with Gasteiger partial charge in [0.2, 0.25) is 0 Å². The largest absolute Gasteiger partial charge is 0.489 e. The van der Waals surface area contributed by atoms with Crippen molar-refractivity contribution in [3.8, 4) is 5.75 Å². The Hall–Kier alpha value is -4.65. The van der Waals surface area contributed by atoms with Crippen LogP contribution >= 0.6 is 0 Å². The number of allylic oxidation sites excluding steroid dienone is 1. The molecule has 34 heavy (non-hydrogen) atoms. The molecule has 0 unspecified atom stereocenters. The molecule has 0 fully saturated rings. The van der Waals surface area contributed by atoms with E-state index in [-0.39, 0.29) is 5.78 Å². The van der Waals surface area contributed by atoms with Crippen molar-refractivity contribution >= 4 is 17.3 Å². The van der Waals surface area contributed by atoms with E-state index in [1.807, 2.05) is 72.8 Å². The molecule has 2 aliphatic rings. The number of hydrogen-bond acceptors (Lipinski definition) is 5. The second-order valence-electron chi connectivity index (χ2n) is 8.26. The van der Waals surface area contributed by atoms with Gasteiger partial charge in [-0.3, -0.25) is 19.6 Å². The Morgan fingerprint density at radius 3 is 2.24 bits per heavy atom. The summed E-state index contributed by atoms with van der Waals surface area (Å²) in [6.07, 6.45) is 0. The van der Waals surface area contributed by atoms with Gasteiger partial charge >= 0.3 is 5.69 Å². The van der Waals surface area contributed by atoms with Crippen LogP contribution in [0, 0.1) is 0 Å². The summed E-state index contributed by atoms with van der Waals surface area (Å²) in [4.78, 5) is 43.3. The van der Waals surface area contributed by atoms with E-state index in [4.69, 9.17) is 4.74 Å². The topological polar surface area (TPSA) is 104 Å². The molecule has 6 rings (SSSR count). The summed E-state index contributed by atoms with van der Waals surface area (Å²) < 4.78 is 5.90. The van der Waals surface area contributed by atoms with Crippen LogP contribution in [0.25, 0.3) is 5.70 Å². The molecule has 1 aliphatic heterocycles. The van der Waals surface area contributed by atoms with Crippen LogP contribution in [0.3, 0.4) is 0 Å². The number of carbonyl (C=O) groups excluding carboxylic acids is 1.